The van der Waals surface area contributed by atoms with E-state index >= 15 is 0 Å². The van der Waals surface area contributed by atoms with Crippen LogP contribution in [-0.2, 0) is 0 Å². The Morgan fingerprint density at radius 3 is 2.80 bits per heavy atom. The Kier molecular flexibility index (Phi) is 5.42. The van der Waals surface area contributed by atoms with E-state index in [1.54, 1.807) is 17.8 Å². The quantitative estimate of drug-likeness (QED) is 0.271. The third-order valence-corrected chi connectivity index (χ3v) is 4.01. The second-order valence-corrected chi connectivity index (χ2v) is 5.13. The van der Waals surface area contributed by atoms with Gasteiger partial charge in [0.1, 0.15) is 0 Å². The predicted octanol–water partition coefficient (Wildman–Crippen LogP) is 4.08. The molecule has 0 aliphatic carbocycles. The van der Waals surface area contributed by atoms with E-state index in [4.69, 9.17) is 11.6 Å². The number of benzene rings is 1. The summed E-state index contributed by atoms with van der Waals surface area (Å²) in [7, 11) is 0. The molecule has 0 saturated carbocycles. The summed E-state index contributed by atoms with van der Waals surface area (Å²) in [4.78, 5) is 11.1. The molecule has 0 aliphatic heterocycles. The van der Waals surface area contributed by atoms with Crippen LogP contribution < -0.4 is 0 Å². The first-order chi connectivity index (χ1) is 7.15. The van der Waals surface area contributed by atoms with Crippen molar-refractivity contribution in [1.82, 2.24) is 0 Å². The highest BCUT2D eigenvalue weighted by Crippen LogP contribution is 2.31. The maximum absolute atomic E-state index is 10.5. The second-order valence-electron chi connectivity index (χ2n) is 2.76. The summed E-state index contributed by atoms with van der Waals surface area (Å²) in [5.74, 6) is 1.55. The van der Waals surface area contributed by atoms with E-state index in [1.165, 1.54) is 12.1 Å². The Hall–Kier alpha value is -0.260. The van der Waals surface area contributed by atoms with Gasteiger partial charge in [-0.1, -0.05) is 0 Å². The van der Waals surface area contributed by atoms with Gasteiger partial charge >= 0.3 is 0 Å². The van der Waals surface area contributed by atoms with Crippen LogP contribution in [0.25, 0.3) is 0 Å². The highest BCUT2D eigenvalue weighted by Gasteiger charge is 2.08. The highest BCUT2D eigenvalue weighted by molar-refractivity contribution is 9.10. The van der Waals surface area contributed by atoms with Crippen molar-refractivity contribution in [2.75, 3.05) is 11.6 Å². The molecule has 3 nitrogen and oxygen atoms in total. The van der Waals surface area contributed by atoms with Crippen LogP contribution in [0.1, 0.15) is 6.42 Å². The second kappa shape index (κ2) is 6.35. The fourth-order valence-corrected chi connectivity index (χ4v) is 2.83. The zero-order chi connectivity index (χ0) is 11.3. The van der Waals surface area contributed by atoms with Crippen LogP contribution in [0.3, 0.4) is 0 Å². The SMILES string of the molecule is O=[N+]([O-])c1ccc(SCCCCl)c(Br)c1. The first-order valence-corrected chi connectivity index (χ1v) is 6.59. The molecule has 0 spiro atoms. The van der Waals surface area contributed by atoms with Crippen molar-refractivity contribution >= 4 is 45.0 Å². The van der Waals surface area contributed by atoms with Crippen molar-refractivity contribution in [3.63, 3.8) is 0 Å². The molecule has 0 fully saturated rings. The number of nitro groups is 1. The van der Waals surface area contributed by atoms with Gasteiger partial charge in [0, 0.05) is 27.4 Å². The van der Waals surface area contributed by atoms with Crippen molar-refractivity contribution in [3.8, 4) is 0 Å². The lowest BCUT2D eigenvalue weighted by atomic mass is 10.3. The molecule has 1 aromatic carbocycles. The van der Waals surface area contributed by atoms with E-state index in [0.29, 0.717) is 5.88 Å². The topological polar surface area (TPSA) is 43.1 Å². The molecule has 0 amide bonds. The van der Waals surface area contributed by atoms with Gasteiger partial charge in [0.05, 0.1) is 4.92 Å². The van der Waals surface area contributed by atoms with Gasteiger partial charge in [-0.15, -0.1) is 23.4 Å². The third kappa shape index (κ3) is 4.01. The summed E-state index contributed by atoms with van der Waals surface area (Å²) in [5, 5.41) is 10.5. The number of nitrogens with zero attached hydrogens (tertiary/aromatic N) is 1. The van der Waals surface area contributed by atoms with Crippen LogP contribution in [0, 0.1) is 10.1 Å². The van der Waals surface area contributed by atoms with E-state index < -0.39 is 4.92 Å². The standard InChI is InChI=1S/C9H9BrClNO2S/c10-8-6-7(12(13)14)2-3-9(8)15-5-1-4-11/h2-3,6H,1,4-5H2. The van der Waals surface area contributed by atoms with E-state index in [-0.39, 0.29) is 5.69 Å². The van der Waals surface area contributed by atoms with Crippen LogP contribution in [0.5, 0.6) is 0 Å². The maximum atomic E-state index is 10.5. The summed E-state index contributed by atoms with van der Waals surface area (Å²) in [5.41, 5.74) is 0.101. The molecule has 1 aromatic rings. The number of rotatable bonds is 5. The van der Waals surface area contributed by atoms with Gasteiger partial charge in [0.2, 0.25) is 0 Å². The van der Waals surface area contributed by atoms with Crippen molar-refractivity contribution < 1.29 is 4.92 Å². The monoisotopic (exact) mass is 309 g/mol. The van der Waals surface area contributed by atoms with E-state index in [0.717, 1.165) is 21.5 Å². The fraction of sp³-hybridized carbons (Fsp3) is 0.333. The average Bonchev–Trinajstić information content (AvgIpc) is 2.20. The Bertz CT molecular complexity index is 362. The summed E-state index contributed by atoms with van der Waals surface area (Å²) in [6.45, 7) is 0. The molecule has 0 bridgehead atoms. The first kappa shape index (κ1) is 12.8. The molecule has 0 heterocycles. The van der Waals surface area contributed by atoms with Crippen LogP contribution in [0.15, 0.2) is 27.6 Å². The van der Waals surface area contributed by atoms with Crippen LogP contribution in [0.4, 0.5) is 5.69 Å². The lowest BCUT2D eigenvalue weighted by Gasteiger charge is -2.02. The lowest BCUT2D eigenvalue weighted by Crippen LogP contribution is -1.88. The highest BCUT2D eigenvalue weighted by atomic mass is 79.9. The zero-order valence-corrected chi connectivity index (χ0v) is 10.9. The molecule has 0 N–H and O–H groups in total. The van der Waals surface area contributed by atoms with Gasteiger partial charge in [-0.25, -0.2) is 0 Å². The molecule has 0 aliphatic rings. The molecular weight excluding hydrogens is 302 g/mol. The van der Waals surface area contributed by atoms with Crippen molar-refractivity contribution in [2.24, 2.45) is 0 Å². The molecular formula is C9H9BrClNO2S. The number of nitro benzene ring substituents is 1. The Morgan fingerprint density at radius 2 is 2.27 bits per heavy atom. The van der Waals surface area contributed by atoms with Gasteiger partial charge in [-0.2, -0.15) is 0 Å². The van der Waals surface area contributed by atoms with Crippen molar-refractivity contribution in [3.05, 3.63) is 32.8 Å². The largest absolute Gasteiger partial charge is 0.270 e. The number of halogens is 2. The zero-order valence-electron chi connectivity index (χ0n) is 7.78. The van der Waals surface area contributed by atoms with E-state index in [1.807, 2.05) is 0 Å². The number of hydrogen-bond donors (Lipinski definition) is 0. The maximum Gasteiger partial charge on any atom is 0.270 e. The number of hydrogen-bond acceptors (Lipinski definition) is 3. The normalized spacial score (nSPS) is 10.3. The van der Waals surface area contributed by atoms with Crippen molar-refractivity contribution in [1.29, 1.82) is 0 Å². The Morgan fingerprint density at radius 1 is 1.53 bits per heavy atom. The fourth-order valence-electron chi connectivity index (χ4n) is 0.957. The molecule has 0 saturated heterocycles. The Balaban J connectivity index is 2.70. The summed E-state index contributed by atoms with van der Waals surface area (Å²) in [6.07, 6.45) is 0.926. The first-order valence-electron chi connectivity index (χ1n) is 4.28. The van der Waals surface area contributed by atoms with Crippen LogP contribution in [0.2, 0.25) is 0 Å². The van der Waals surface area contributed by atoms with Gasteiger partial charge < -0.3 is 0 Å². The summed E-state index contributed by atoms with van der Waals surface area (Å²) >= 11 is 10.5. The molecule has 0 atom stereocenters. The van der Waals surface area contributed by atoms with E-state index in [2.05, 4.69) is 15.9 Å². The van der Waals surface area contributed by atoms with Gasteiger partial charge in [-0.05, 0) is 34.2 Å². The molecule has 1 rings (SSSR count). The smallest absolute Gasteiger partial charge is 0.258 e. The summed E-state index contributed by atoms with van der Waals surface area (Å²) < 4.78 is 0.760. The molecule has 0 unspecified atom stereocenters. The molecule has 0 aromatic heterocycles. The lowest BCUT2D eigenvalue weighted by molar-refractivity contribution is -0.385. The predicted molar refractivity (Wildman–Crippen MR) is 66.9 cm³/mol. The number of non-ortho nitro benzene ring substituents is 1. The van der Waals surface area contributed by atoms with Gasteiger partial charge in [0.25, 0.3) is 5.69 Å². The summed E-state index contributed by atoms with van der Waals surface area (Å²) in [6, 6.07) is 4.78. The molecule has 6 heteroatoms. The van der Waals surface area contributed by atoms with Gasteiger partial charge in [-0.3, -0.25) is 10.1 Å². The van der Waals surface area contributed by atoms with Crippen LogP contribution in [-0.4, -0.2) is 16.6 Å². The minimum absolute atomic E-state index is 0.101. The molecule has 0 radical (unpaired) electrons. The Labute approximate surface area is 105 Å². The number of alkyl halides is 1. The van der Waals surface area contributed by atoms with E-state index in [9.17, 15) is 10.1 Å². The third-order valence-electron chi connectivity index (χ3n) is 1.66. The average molecular weight is 311 g/mol. The molecule has 15 heavy (non-hydrogen) atoms. The van der Waals surface area contributed by atoms with Gasteiger partial charge in [0.15, 0.2) is 0 Å². The molecule has 82 valence electrons. The van der Waals surface area contributed by atoms with Crippen molar-refractivity contribution in [2.45, 2.75) is 11.3 Å². The van der Waals surface area contributed by atoms with Crippen LogP contribution >= 0.6 is 39.3 Å². The minimum Gasteiger partial charge on any atom is -0.258 e. The minimum atomic E-state index is -0.405. The number of thioether (sulfide) groups is 1.